The van der Waals surface area contributed by atoms with Crippen LogP contribution in [0.2, 0.25) is 0 Å². The van der Waals surface area contributed by atoms with E-state index in [1.54, 1.807) is 0 Å². The Hall–Kier alpha value is -1.02. The van der Waals surface area contributed by atoms with E-state index in [-0.39, 0.29) is 0 Å². The number of rotatable bonds is 3. The van der Waals surface area contributed by atoms with Gasteiger partial charge in [-0.15, -0.1) is 0 Å². The van der Waals surface area contributed by atoms with Crippen LogP contribution in [0.25, 0.3) is 0 Å². The first-order valence-electron chi connectivity index (χ1n) is 6.82. The highest BCUT2D eigenvalue weighted by Crippen LogP contribution is 2.28. The first-order valence-corrected chi connectivity index (χ1v) is 6.82. The molecule has 0 bridgehead atoms. The first kappa shape index (κ1) is 12.4. The minimum Gasteiger partial charge on any atom is -0.369 e. The highest BCUT2D eigenvalue weighted by Gasteiger charge is 2.26. The molecule has 0 aromatic heterocycles. The van der Waals surface area contributed by atoms with Crippen LogP contribution >= 0.6 is 0 Å². The van der Waals surface area contributed by atoms with Crippen LogP contribution in [0.4, 0.5) is 5.69 Å². The van der Waals surface area contributed by atoms with E-state index in [4.69, 9.17) is 5.73 Å². The quantitative estimate of drug-likeness (QED) is 0.868. The van der Waals surface area contributed by atoms with Gasteiger partial charge in [-0.3, -0.25) is 0 Å². The number of piperidine rings is 1. The van der Waals surface area contributed by atoms with E-state index in [2.05, 4.69) is 43.0 Å². The second-order valence-corrected chi connectivity index (χ2v) is 5.09. The van der Waals surface area contributed by atoms with Crippen molar-refractivity contribution in [3.8, 4) is 0 Å². The molecule has 0 radical (unpaired) electrons. The topological polar surface area (TPSA) is 29.3 Å². The van der Waals surface area contributed by atoms with Crippen molar-refractivity contribution in [3.05, 3.63) is 29.8 Å². The predicted molar refractivity (Wildman–Crippen MR) is 74.4 cm³/mol. The van der Waals surface area contributed by atoms with Gasteiger partial charge < -0.3 is 10.6 Å². The molecule has 1 aliphatic rings. The molecule has 1 saturated heterocycles. The fourth-order valence-corrected chi connectivity index (χ4v) is 2.83. The summed E-state index contributed by atoms with van der Waals surface area (Å²) in [6.07, 6.45) is 3.66. The van der Waals surface area contributed by atoms with Gasteiger partial charge >= 0.3 is 0 Å². The zero-order valence-corrected chi connectivity index (χ0v) is 11.0. The Morgan fingerprint density at radius 3 is 2.59 bits per heavy atom. The van der Waals surface area contributed by atoms with Gasteiger partial charge in [0.1, 0.15) is 0 Å². The van der Waals surface area contributed by atoms with Gasteiger partial charge in [0, 0.05) is 18.3 Å². The highest BCUT2D eigenvalue weighted by atomic mass is 15.2. The van der Waals surface area contributed by atoms with Crippen molar-refractivity contribution in [1.82, 2.24) is 0 Å². The Labute approximate surface area is 105 Å². The largest absolute Gasteiger partial charge is 0.369 e. The van der Waals surface area contributed by atoms with Crippen molar-refractivity contribution >= 4 is 5.69 Å². The van der Waals surface area contributed by atoms with Gasteiger partial charge in [-0.05, 0) is 56.3 Å². The molecule has 0 aliphatic carbocycles. The average Bonchev–Trinajstić information content (AvgIpc) is 2.39. The van der Waals surface area contributed by atoms with Gasteiger partial charge in [0.05, 0.1) is 0 Å². The van der Waals surface area contributed by atoms with Gasteiger partial charge in [-0.1, -0.05) is 19.1 Å². The number of benzene rings is 1. The van der Waals surface area contributed by atoms with Gasteiger partial charge in [-0.2, -0.15) is 0 Å². The monoisotopic (exact) mass is 232 g/mol. The van der Waals surface area contributed by atoms with E-state index in [1.807, 2.05) is 0 Å². The number of hydrogen-bond acceptors (Lipinski definition) is 2. The van der Waals surface area contributed by atoms with E-state index in [0.717, 1.165) is 13.0 Å². The molecule has 1 heterocycles. The van der Waals surface area contributed by atoms with Crippen LogP contribution in [-0.2, 0) is 6.42 Å². The lowest BCUT2D eigenvalue weighted by Gasteiger charge is -2.40. The molecule has 0 amide bonds. The molecule has 1 aromatic carbocycles. The molecular weight excluding hydrogens is 208 g/mol. The van der Waals surface area contributed by atoms with Gasteiger partial charge in [0.2, 0.25) is 0 Å². The minimum absolute atomic E-state index is 0.571. The van der Waals surface area contributed by atoms with Crippen molar-refractivity contribution in [2.24, 2.45) is 11.7 Å². The van der Waals surface area contributed by atoms with Crippen LogP contribution in [0.1, 0.15) is 32.3 Å². The fourth-order valence-electron chi connectivity index (χ4n) is 2.83. The van der Waals surface area contributed by atoms with Crippen LogP contribution in [0, 0.1) is 5.92 Å². The van der Waals surface area contributed by atoms with Crippen LogP contribution in [0.15, 0.2) is 24.3 Å². The zero-order chi connectivity index (χ0) is 12.3. The average molecular weight is 232 g/mol. The van der Waals surface area contributed by atoms with Gasteiger partial charge in [0.25, 0.3) is 0 Å². The van der Waals surface area contributed by atoms with E-state index in [9.17, 15) is 0 Å². The lowest BCUT2D eigenvalue weighted by molar-refractivity contribution is 0.345. The molecule has 2 heteroatoms. The molecule has 17 heavy (non-hydrogen) atoms. The summed E-state index contributed by atoms with van der Waals surface area (Å²) in [4.78, 5) is 2.51. The second kappa shape index (κ2) is 5.54. The van der Waals surface area contributed by atoms with Crippen LogP contribution in [0.3, 0.4) is 0 Å². The molecule has 0 saturated carbocycles. The molecule has 1 fully saturated rings. The summed E-state index contributed by atoms with van der Waals surface area (Å²) >= 11 is 0. The summed E-state index contributed by atoms with van der Waals surface area (Å²) in [7, 11) is 0. The molecule has 0 unspecified atom stereocenters. The number of aryl methyl sites for hydroxylation is 1. The standard InChI is InChI=1S/C15H24N2/c1-3-13-6-8-15(9-7-13)17-10-4-5-14(11-16)12(17)2/h6-9,12,14H,3-5,10-11,16H2,1-2H3/t12-,14-/m1/s1. The second-order valence-electron chi connectivity index (χ2n) is 5.09. The molecule has 94 valence electrons. The molecule has 2 nitrogen and oxygen atoms in total. The molecule has 2 atom stereocenters. The lowest BCUT2D eigenvalue weighted by Crippen LogP contribution is -2.46. The van der Waals surface area contributed by atoms with E-state index >= 15 is 0 Å². The minimum atomic E-state index is 0.571. The van der Waals surface area contributed by atoms with Gasteiger partial charge in [0.15, 0.2) is 0 Å². The smallest absolute Gasteiger partial charge is 0.0368 e. The lowest BCUT2D eigenvalue weighted by atomic mass is 9.90. The van der Waals surface area contributed by atoms with Gasteiger partial charge in [-0.25, -0.2) is 0 Å². The van der Waals surface area contributed by atoms with Crippen LogP contribution in [0.5, 0.6) is 0 Å². The molecular formula is C15H24N2. The van der Waals surface area contributed by atoms with Crippen molar-refractivity contribution in [1.29, 1.82) is 0 Å². The Balaban J connectivity index is 2.14. The Morgan fingerprint density at radius 1 is 1.29 bits per heavy atom. The van der Waals surface area contributed by atoms with Crippen molar-refractivity contribution in [3.63, 3.8) is 0 Å². The van der Waals surface area contributed by atoms with Crippen LogP contribution in [-0.4, -0.2) is 19.1 Å². The van der Waals surface area contributed by atoms with Crippen molar-refractivity contribution < 1.29 is 0 Å². The van der Waals surface area contributed by atoms with E-state index in [0.29, 0.717) is 12.0 Å². The van der Waals surface area contributed by atoms with Crippen LogP contribution < -0.4 is 10.6 Å². The maximum atomic E-state index is 5.85. The van der Waals surface area contributed by atoms with E-state index < -0.39 is 0 Å². The molecule has 2 rings (SSSR count). The number of hydrogen-bond donors (Lipinski definition) is 1. The Bertz CT molecular complexity index is 344. The molecule has 1 aromatic rings. The summed E-state index contributed by atoms with van der Waals surface area (Å²) in [6.45, 7) is 6.49. The maximum absolute atomic E-state index is 5.85. The van der Waals surface area contributed by atoms with E-state index in [1.165, 1.54) is 30.6 Å². The SMILES string of the molecule is CCc1ccc(N2CCC[C@H](CN)[C@H]2C)cc1. The third kappa shape index (κ3) is 2.63. The third-order valence-electron chi connectivity index (χ3n) is 4.13. The number of nitrogens with zero attached hydrogens (tertiary/aromatic N) is 1. The summed E-state index contributed by atoms with van der Waals surface area (Å²) < 4.78 is 0. The maximum Gasteiger partial charge on any atom is 0.0368 e. The number of anilines is 1. The normalized spacial score (nSPS) is 25.0. The summed E-state index contributed by atoms with van der Waals surface area (Å²) in [5.74, 6) is 0.648. The molecule has 0 spiro atoms. The zero-order valence-electron chi connectivity index (χ0n) is 11.0. The molecule has 1 aliphatic heterocycles. The fraction of sp³-hybridized carbons (Fsp3) is 0.600. The molecule has 2 N–H and O–H groups in total. The first-order chi connectivity index (χ1) is 8.26. The van der Waals surface area contributed by atoms with Crippen molar-refractivity contribution in [2.75, 3.05) is 18.0 Å². The third-order valence-corrected chi connectivity index (χ3v) is 4.13. The number of nitrogens with two attached hydrogens (primary N) is 1. The summed E-state index contributed by atoms with van der Waals surface area (Å²) in [5, 5.41) is 0. The highest BCUT2D eigenvalue weighted by molar-refractivity contribution is 5.49. The Kier molecular flexibility index (Phi) is 4.06. The predicted octanol–water partition coefficient (Wildman–Crippen LogP) is 2.81. The Morgan fingerprint density at radius 2 is 2.00 bits per heavy atom. The summed E-state index contributed by atoms with van der Waals surface area (Å²) in [5.41, 5.74) is 8.62. The summed E-state index contributed by atoms with van der Waals surface area (Å²) in [6, 6.07) is 9.58. The van der Waals surface area contributed by atoms with Crippen molar-refractivity contribution in [2.45, 2.75) is 39.2 Å².